The molecule has 5 heteroatoms. The van der Waals surface area contributed by atoms with E-state index in [9.17, 15) is 4.79 Å². The van der Waals surface area contributed by atoms with E-state index in [0.29, 0.717) is 23.8 Å². The third-order valence-corrected chi connectivity index (χ3v) is 3.97. The second-order valence-corrected chi connectivity index (χ2v) is 5.52. The molecule has 0 spiro atoms. The van der Waals surface area contributed by atoms with Crippen LogP contribution < -0.4 is 11.1 Å². The van der Waals surface area contributed by atoms with Crippen LogP contribution in [-0.4, -0.2) is 17.5 Å². The highest BCUT2D eigenvalue weighted by Gasteiger charge is 2.21. The molecule has 0 aromatic heterocycles. The predicted octanol–water partition coefficient (Wildman–Crippen LogP) is 3.51. The maximum absolute atomic E-state index is 12.3. The summed E-state index contributed by atoms with van der Waals surface area (Å²) >= 11 is 6.06. The number of nitrogens with zero attached hydrogens (tertiary/aromatic N) is 1. The summed E-state index contributed by atoms with van der Waals surface area (Å²) in [6.07, 6.45) is 0.839. The number of hydrogen-bond acceptors (Lipinski definition) is 2. The molecule has 3 N–H and O–H groups in total. The number of halogens is 1. The summed E-state index contributed by atoms with van der Waals surface area (Å²) in [6.45, 7) is 1.25. The predicted molar refractivity (Wildman–Crippen MR) is 85.4 cm³/mol. The maximum Gasteiger partial charge on any atom is 0.322 e. The van der Waals surface area contributed by atoms with Crippen LogP contribution in [0, 0.1) is 0 Å². The first-order valence-corrected chi connectivity index (χ1v) is 7.19. The molecule has 0 bridgehead atoms. The van der Waals surface area contributed by atoms with Gasteiger partial charge in [-0.2, -0.15) is 0 Å². The molecule has 1 aliphatic heterocycles. The second kappa shape index (κ2) is 5.66. The number of amides is 2. The summed E-state index contributed by atoms with van der Waals surface area (Å²) in [7, 11) is 0. The fourth-order valence-electron chi connectivity index (χ4n) is 2.51. The molecule has 0 fully saturated rings. The minimum Gasteiger partial charge on any atom is -0.399 e. The molecular weight excluding hydrogens is 286 g/mol. The van der Waals surface area contributed by atoms with Crippen molar-refractivity contribution in [2.45, 2.75) is 13.0 Å². The second-order valence-electron chi connectivity index (χ2n) is 5.11. The van der Waals surface area contributed by atoms with Crippen molar-refractivity contribution in [3.05, 3.63) is 58.6 Å². The number of rotatable bonds is 1. The molecule has 1 aliphatic rings. The topological polar surface area (TPSA) is 58.4 Å². The number of fused-ring (bicyclic) bond motifs is 1. The van der Waals surface area contributed by atoms with Gasteiger partial charge in [-0.25, -0.2) is 4.79 Å². The number of benzene rings is 2. The van der Waals surface area contributed by atoms with Gasteiger partial charge >= 0.3 is 6.03 Å². The van der Waals surface area contributed by atoms with E-state index in [0.717, 1.165) is 17.7 Å². The monoisotopic (exact) mass is 301 g/mol. The molecule has 0 unspecified atom stereocenters. The Bertz CT molecular complexity index is 687. The molecule has 0 saturated heterocycles. The van der Waals surface area contributed by atoms with Crippen LogP contribution in [-0.2, 0) is 13.0 Å². The summed E-state index contributed by atoms with van der Waals surface area (Å²) in [6, 6.07) is 12.9. The minimum absolute atomic E-state index is 0.142. The van der Waals surface area contributed by atoms with Gasteiger partial charge in [-0.15, -0.1) is 0 Å². The Morgan fingerprint density at radius 3 is 2.81 bits per heavy atom. The number of anilines is 2. The van der Waals surface area contributed by atoms with Crippen molar-refractivity contribution in [3.63, 3.8) is 0 Å². The van der Waals surface area contributed by atoms with Gasteiger partial charge in [-0.1, -0.05) is 29.8 Å². The smallest absolute Gasteiger partial charge is 0.322 e. The Morgan fingerprint density at radius 1 is 1.19 bits per heavy atom. The quantitative estimate of drug-likeness (QED) is 0.792. The lowest BCUT2D eigenvalue weighted by molar-refractivity contribution is 0.206. The van der Waals surface area contributed by atoms with Gasteiger partial charge in [-0.05, 0) is 41.8 Å². The van der Waals surface area contributed by atoms with Gasteiger partial charge in [0.2, 0.25) is 0 Å². The third-order valence-electron chi connectivity index (χ3n) is 3.65. The molecule has 0 aliphatic carbocycles. The van der Waals surface area contributed by atoms with E-state index in [1.807, 2.05) is 30.3 Å². The highest BCUT2D eigenvalue weighted by atomic mass is 35.5. The van der Waals surface area contributed by atoms with Crippen molar-refractivity contribution >= 4 is 29.0 Å². The van der Waals surface area contributed by atoms with Crippen LogP contribution in [0.1, 0.15) is 11.1 Å². The fraction of sp³-hybridized carbons (Fsp3) is 0.188. The molecule has 2 aromatic rings. The van der Waals surface area contributed by atoms with E-state index in [-0.39, 0.29) is 6.03 Å². The number of urea groups is 1. The number of nitrogens with one attached hydrogen (secondary N) is 1. The largest absolute Gasteiger partial charge is 0.399 e. The minimum atomic E-state index is -0.142. The molecule has 0 saturated carbocycles. The SMILES string of the molecule is Nc1ccc2c(c1)CN(C(=O)Nc1ccccc1Cl)CC2. The average molecular weight is 302 g/mol. The van der Waals surface area contributed by atoms with Crippen LogP contribution >= 0.6 is 11.6 Å². The first-order chi connectivity index (χ1) is 10.1. The van der Waals surface area contributed by atoms with Gasteiger partial charge < -0.3 is 16.0 Å². The summed E-state index contributed by atoms with van der Waals surface area (Å²) in [5, 5.41) is 3.38. The van der Waals surface area contributed by atoms with E-state index in [1.54, 1.807) is 17.0 Å². The van der Waals surface area contributed by atoms with Crippen molar-refractivity contribution < 1.29 is 4.79 Å². The number of carbonyl (C=O) groups excluding carboxylic acids is 1. The maximum atomic E-state index is 12.3. The van der Waals surface area contributed by atoms with Gasteiger partial charge in [0, 0.05) is 18.8 Å². The highest BCUT2D eigenvalue weighted by Crippen LogP contribution is 2.24. The van der Waals surface area contributed by atoms with Crippen molar-refractivity contribution in [1.29, 1.82) is 0 Å². The zero-order chi connectivity index (χ0) is 14.8. The summed E-state index contributed by atoms with van der Waals surface area (Å²) in [5.41, 5.74) is 9.52. The summed E-state index contributed by atoms with van der Waals surface area (Å²) < 4.78 is 0. The lowest BCUT2D eigenvalue weighted by Gasteiger charge is -2.29. The summed E-state index contributed by atoms with van der Waals surface area (Å²) in [4.78, 5) is 14.1. The molecule has 21 heavy (non-hydrogen) atoms. The molecule has 0 atom stereocenters. The molecular formula is C16H16ClN3O. The Labute approximate surface area is 128 Å². The van der Waals surface area contributed by atoms with Gasteiger partial charge in [0.25, 0.3) is 0 Å². The number of para-hydroxylation sites is 1. The third kappa shape index (κ3) is 2.95. The van der Waals surface area contributed by atoms with Gasteiger partial charge in [-0.3, -0.25) is 0 Å². The van der Waals surface area contributed by atoms with Crippen LogP contribution in [0.25, 0.3) is 0 Å². The highest BCUT2D eigenvalue weighted by molar-refractivity contribution is 6.33. The summed E-state index contributed by atoms with van der Waals surface area (Å²) in [5.74, 6) is 0. The van der Waals surface area contributed by atoms with Gasteiger partial charge in [0.1, 0.15) is 0 Å². The zero-order valence-corrected chi connectivity index (χ0v) is 12.2. The van der Waals surface area contributed by atoms with Gasteiger partial charge in [0.15, 0.2) is 0 Å². The van der Waals surface area contributed by atoms with Crippen molar-refractivity contribution in [3.8, 4) is 0 Å². The van der Waals surface area contributed by atoms with E-state index < -0.39 is 0 Å². The Kier molecular flexibility index (Phi) is 3.71. The van der Waals surface area contributed by atoms with Crippen LogP contribution in [0.5, 0.6) is 0 Å². The standard InChI is InChI=1S/C16H16ClN3O/c17-14-3-1-2-4-15(14)19-16(21)20-8-7-11-5-6-13(18)9-12(11)10-20/h1-6,9H,7-8,10,18H2,(H,19,21). The van der Waals surface area contributed by atoms with Crippen LogP contribution in [0.3, 0.4) is 0 Å². The molecule has 1 heterocycles. The van der Waals surface area contributed by atoms with E-state index in [1.165, 1.54) is 5.56 Å². The Hall–Kier alpha value is -2.20. The normalized spacial score (nSPS) is 13.7. The number of nitrogen functional groups attached to an aromatic ring is 1. The Balaban J connectivity index is 1.74. The fourth-order valence-corrected chi connectivity index (χ4v) is 2.69. The van der Waals surface area contributed by atoms with Crippen molar-refractivity contribution in [2.75, 3.05) is 17.6 Å². The van der Waals surface area contributed by atoms with E-state index in [2.05, 4.69) is 5.32 Å². The average Bonchev–Trinajstić information content (AvgIpc) is 2.48. The first-order valence-electron chi connectivity index (χ1n) is 6.81. The molecule has 0 radical (unpaired) electrons. The lowest BCUT2D eigenvalue weighted by Crippen LogP contribution is -2.38. The molecule has 3 rings (SSSR count). The number of nitrogens with two attached hydrogens (primary N) is 1. The zero-order valence-electron chi connectivity index (χ0n) is 11.5. The molecule has 2 aromatic carbocycles. The number of carbonyl (C=O) groups is 1. The first kappa shape index (κ1) is 13.8. The van der Waals surface area contributed by atoms with Crippen molar-refractivity contribution in [2.24, 2.45) is 0 Å². The lowest BCUT2D eigenvalue weighted by atomic mass is 9.99. The van der Waals surface area contributed by atoms with E-state index in [4.69, 9.17) is 17.3 Å². The Morgan fingerprint density at radius 2 is 2.00 bits per heavy atom. The van der Waals surface area contributed by atoms with Crippen LogP contribution in [0.2, 0.25) is 5.02 Å². The van der Waals surface area contributed by atoms with Crippen LogP contribution in [0.15, 0.2) is 42.5 Å². The van der Waals surface area contributed by atoms with Crippen molar-refractivity contribution in [1.82, 2.24) is 4.90 Å². The molecule has 4 nitrogen and oxygen atoms in total. The molecule has 2 amide bonds. The van der Waals surface area contributed by atoms with E-state index >= 15 is 0 Å². The molecule has 108 valence electrons. The van der Waals surface area contributed by atoms with Gasteiger partial charge in [0.05, 0.1) is 10.7 Å². The number of hydrogen-bond donors (Lipinski definition) is 2. The van der Waals surface area contributed by atoms with Crippen LogP contribution in [0.4, 0.5) is 16.2 Å².